The number of hydrogen-bond acceptors (Lipinski definition) is 6. The first kappa shape index (κ1) is 69.8. The molecule has 418 valence electrons. The van der Waals surface area contributed by atoms with Gasteiger partial charge in [0.25, 0.3) is 0 Å². The zero-order chi connectivity index (χ0) is 54.3. The molecule has 0 bridgehead atoms. The van der Waals surface area contributed by atoms with Crippen LogP contribution in [0.3, 0.4) is 0 Å². The van der Waals surface area contributed by atoms with Crippen LogP contribution in [0.25, 0.3) is 0 Å². The number of rotatable bonds is 51. The van der Waals surface area contributed by atoms with Crippen molar-refractivity contribution in [1.29, 1.82) is 0 Å². The molecule has 0 amide bonds. The van der Waals surface area contributed by atoms with E-state index in [9.17, 15) is 14.4 Å². The highest BCUT2D eigenvalue weighted by atomic mass is 16.6. The molecule has 0 aromatic heterocycles. The number of ether oxygens (including phenoxy) is 3. The lowest BCUT2D eigenvalue weighted by Crippen LogP contribution is -2.30. The Morgan fingerprint density at radius 2 is 0.533 bits per heavy atom. The van der Waals surface area contributed by atoms with Gasteiger partial charge in [-0.15, -0.1) is 0 Å². The van der Waals surface area contributed by atoms with E-state index in [2.05, 4.69) is 191 Å². The molecule has 0 aliphatic heterocycles. The minimum Gasteiger partial charge on any atom is -0.462 e. The first-order valence-corrected chi connectivity index (χ1v) is 29.6. The summed E-state index contributed by atoms with van der Waals surface area (Å²) in [4.78, 5) is 37.8. The highest BCUT2D eigenvalue weighted by molar-refractivity contribution is 5.71. The normalized spacial score (nSPS) is 13.4. The molecule has 6 nitrogen and oxygen atoms in total. The number of carbonyl (C=O) groups excluding carboxylic acids is 3. The minimum atomic E-state index is -0.813. The van der Waals surface area contributed by atoms with Crippen LogP contribution < -0.4 is 0 Å². The second kappa shape index (κ2) is 61.3. The molecule has 0 aliphatic rings. The molecule has 0 saturated carbocycles. The second-order valence-corrected chi connectivity index (χ2v) is 18.8. The predicted molar refractivity (Wildman–Crippen MR) is 325 cm³/mol. The Hall–Kier alpha value is -5.23. The van der Waals surface area contributed by atoms with Gasteiger partial charge in [-0.05, 0) is 128 Å². The maximum Gasteiger partial charge on any atom is 0.306 e. The average Bonchev–Trinajstić information content (AvgIpc) is 3.41. The summed E-state index contributed by atoms with van der Waals surface area (Å²) in [6.07, 6.45) is 91.1. The quantitative estimate of drug-likeness (QED) is 0.0261. The molecule has 0 saturated heterocycles. The van der Waals surface area contributed by atoms with Gasteiger partial charge in [-0.2, -0.15) is 0 Å². The van der Waals surface area contributed by atoms with Crippen molar-refractivity contribution in [2.24, 2.45) is 0 Å². The van der Waals surface area contributed by atoms with Crippen LogP contribution >= 0.6 is 0 Å². The lowest BCUT2D eigenvalue weighted by atomic mass is 10.1. The molecule has 0 aliphatic carbocycles. The van der Waals surface area contributed by atoms with E-state index in [4.69, 9.17) is 14.2 Å². The molecule has 0 spiro atoms. The second-order valence-electron chi connectivity index (χ2n) is 18.8. The van der Waals surface area contributed by atoms with E-state index in [-0.39, 0.29) is 37.5 Å². The largest absolute Gasteiger partial charge is 0.462 e. The van der Waals surface area contributed by atoms with E-state index in [0.29, 0.717) is 19.3 Å². The number of allylic oxidation sites excluding steroid dienone is 28. The number of carbonyl (C=O) groups is 3. The van der Waals surface area contributed by atoms with Gasteiger partial charge in [-0.1, -0.05) is 249 Å². The van der Waals surface area contributed by atoms with Crippen molar-refractivity contribution in [3.8, 4) is 0 Å². The predicted octanol–water partition coefficient (Wildman–Crippen LogP) is 20.3. The SMILES string of the molecule is CC/C=C\C/C=C\C/C=C\C/C=C\C/C=C\C/C=C\C/C=C\C/C=C\C/C=C\CCCC(=O)OCC(COC(=O)CCCCCCC)OC(=O)CCCCCCCCC/C=C\C/C=C\C/C=C\C/C=C\C/C=C\CC. The summed E-state index contributed by atoms with van der Waals surface area (Å²) < 4.78 is 16.7. The van der Waals surface area contributed by atoms with Crippen molar-refractivity contribution >= 4 is 17.9 Å². The fourth-order valence-electron chi connectivity index (χ4n) is 7.35. The summed E-state index contributed by atoms with van der Waals surface area (Å²) in [5.41, 5.74) is 0. The molecule has 0 aromatic rings. The standard InChI is InChI=1S/C69H106O6/c1-4-7-10-13-15-17-19-21-23-25-27-29-31-32-33-34-35-36-38-39-41-43-45-47-49-51-53-56-59-62-68(71)74-65-66(64-73-67(70)61-58-55-12-9-6-3)75-69(72)63-60-57-54-52-50-48-46-44-42-40-37-30-28-26-24-22-20-18-16-14-11-8-5-2/h7-8,10-11,15-18,21-24,27-30,32-33,35-36,39-42,45,47,51,53,66H,4-6,9,12-14,19-20,25-26,31,34,37-38,43-44,46,48-50,52,54-65H2,1-3H3/b10-7-,11-8-,17-15-,18-16-,23-21-,24-22-,29-27-,30-28-,33-32-,36-35-,41-39-,42-40-,47-45-,53-51-. The van der Waals surface area contributed by atoms with Crippen LogP contribution in [0.2, 0.25) is 0 Å². The van der Waals surface area contributed by atoms with Gasteiger partial charge in [0.1, 0.15) is 13.2 Å². The van der Waals surface area contributed by atoms with Crippen LogP contribution in [0.4, 0.5) is 0 Å². The molecule has 0 fully saturated rings. The van der Waals surface area contributed by atoms with Crippen molar-refractivity contribution in [2.45, 2.75) is 232 Å². The van der Waals surface area contributed by atoms with E-state index < -0.39 is 6.10 Å². The van der Waals surface area contributed by atoms with E-state index in [0.717, 1.165) is 161 Å². The van der Waals surface area contributed by atoms with Gasteiger partial charge in [-0.25, -0.2) is 0 Å². The fourth-order valence-corrected chi connectivity index (χ4v) is 7.35. The topological polar surface area (TPSA) is 78.9 Å². The van der Waals surface area contributed by atoms with E-state index >= 15 is 0 Å². The van der Waals surface area contributed by atoms with Crippen molar-refractivity contribution in [3.05, 3.63) is 170 Å². The fraction of sp³-hybridized carbons (Fsp3) is 0.551. The van der Waals surface area contributed by atoms with Gasteiger partial charge >= 0.3 is 17.9 Å². The number of unbranched alkanes of at least 4 members (excludes halogenated alkanes) is 12. The summed E-state index contributed by atoms with van der Waals surface area (Å²) in [6, 6.07) is 0. The molecule has 0 rings (SSSR count). The minimum absolute atomic E-state index is 0.109. The summed E-state index contributed by atoms with van der Waals surface area (Å²) in [7, 11) is 0. The lowest BCUT2D eigenvalue weighted by molar-refractivity contribution is -0.167. The van der Waals surface area contributed by atoms with Gasteiger partial charge in [0, 0.05) is 19.3 Å². The Morgan fingerprint density at radius 1 is 0.280 bits per heavy atom. The summed E-state index contributed by atoms with van der Waals surface area (Å²) >= 11 is 0. The van der Waals surface area contributed by atoms with Crippen molar-refractivity contribution in [2.75, 3.05) is 13.2 Å². The van der Waals surface area contributed by atoms with Crippen LogP contribution in [0.15, 0.2) is 170 Å². The molecule has 6 heteroatoms. The average molecular weight is 1030 g/mol. The third kappa shape index (κ3) is 59.5. The van der Waals surface area contributed by atoms with E-state index in [1.807, 2.05) is 0 Å². The Morgan fingerprint density at radius 3 is 0.867 bits per heavy atom. The van der Waals surface area contributed by atoms with Crippen LogP contribution in [-0.4, -0.2) is 37.2 Å². The molecule has 0 aromatic carbocycles. The van der Waals surface area contributed by atoms with Gasteiger partial charge < -0.3 is 14.2 Å². The van der Waals surface area contributed by atoms with Crippen molar-refractivity contribution < 1.29 is 28.6 Å². The molecular formula is C69H106O6. The zero-order valence-corrected chi connectivity index (χ0v) is 47.7. The molecule has 1 unspecified atom stereocenters. The van der Waals surface area contributed by atoms with Gasteiger partial charge in [-0.3, -0.25) is 14.4 Å². The first-order valence-electron chi connectivity index (χ1n) is 29.6. The van der Waals surface area contributed by atoms with Crippen LogP contribution in [-0.2, 0) is 28.6 Å². The Kier molecular flexibility index (Phi) is 57.0. The van der Waals surface area contributed by atoms with E-state index in [1.54, 1.807) is 0 Å². The summed E-state index contributed by atoms with van der Waals surface area (Å²) in [5.74, 6) is -1.01. The highest BCUT2D eigenvalue weighted by Gasteiger charge is 2.19. The zero-order valence-electron chi connectivity index (χ0n) is 47.7. The summed E-state index contributed by atoms with van der Waals surface area (Å²) in [5, 5.41) is 0. The Labute approximate surface area is 460 Å². The first-order chi connectivity index (χ1) is 37.0. The van der Waals surface area contributed by atoms with Crippen LogP contribution in [0.1, 0.15) is 226 Å². The molecule has 0 heterocycles. The monoisotopic (exact) mass is 1030 g/mol. The van der Waals surface area contributed by atoms with Gasteiger partial charge in [0.2, 0.25) is 0 Å². The van der Waals surface area contributed by atoms with Crippen molar-refractivity contribution in [1.82, 2.24) is 0 Å². The van der Waals surface area contributed by atoms with Crippen LogP contribution in [0, 0.1) is 0 Å². The molecular weight excluding hydrogens is 925 g/mol. The summed E-state index contributed by atoms with van der Waals surface area (Å²) in [6.45, 7) is 6.25. The third-order valence-electron chi connectivity index (χ3n) is 11.7. The third-order valence-corrected chi connectivity index (χ3v) is 11.7. The van der Waals surface area contributed by atoms with Crippen molar-refractivity contribution in [3.63, 3.8) is 0 Å². The van der Waals surface area contributed by atoms with Gasteiger partial charge in [0.05, 0.1) is 0 Å². The Balaban J connectivity index is 4.27. The highest BCUT2D eigenvalue weighted by Crippen LogP contribution is 2.13. The molecule has 75 heavy (non-hydrogen) atoms. The number of hydrogen-bond donors (Lipinski definition) is 0. The van der Waals surface area contributed by atoms with Gasteiger partial charge in [0.15, 0.2) is 6.10 Å². The van der Waals surface area contributed by atoms with E-state index in [1.165, 1.54) is 19.3 Å². The number of esters is 3. The Bertz CT molecular complexity index is 1750. The maximum absolute atomic E-state index is 12.8. The maximum atomic E-state index is 12.8. The molecule has 0 radical (unpaired) electrons. The van der Waals surface area contributed by atoms with Crippen LogP contribution in [0.5, 0.6) is 0 Å². The smallest absolute Gasteiger partial charge is 0.306 e. The lowest BCUT2D eigenvalue weighted by Gasteiger charge is -2.18. The molecule has 1 atom stereocenters. The molecule has 0 N–H and O–H groups in total.